The summed E-state index contributed by atoms with van der Waals surface area (Å²) in [6.45, 7) is 8.55. The van der Waals surface area contributed by atoms with Gasteiger partial charge in [0.05, 0.1) is 6.61 Å². The summed E-state index contributed by atoms with van der Waals surface area (Å²) in [7, 11) is 0. The predicted octanol–water partition coefficient (Wildman–Crippen LogP) is 6.32. The van der Waals surface area contributed by atoms with Crippen molar-refractivity contribution < 1.29 is 14.3 Å². The van der Waals surface area contributed by atoms with Crippen molar-refractivity contribution in [2.24, 2.45) is 0 Å². The van der Waals surface area contributed by atoms with Gasteiger partial charge in [0, 0.05) is 24.7 Å². The predicted molar refractivity (Wildman–Crippen MR) is 128 cm³/mol. The molecular formula is C27H42N2O3. The highest BCUT2D eigenvalue weighted by Gasteiger charge is 2.35. The van der Waals surface area contributed by atoms with Crippen LogP contribution in [0, 0.1) is 0 Å². The molecule has 1 amide bonds. The van der Waals surface area contributed by atoms with E-state index < -0.39 is 5.60 Å². The molecule has 0 aliphatic carbocycles. The highest BCUT2D eigenvalue weighted by molar-refractivity contribution is 5.68. The van der Waals surface area contributed by atoms with Crippen molar-refractivity contribution in [1.82, 2.24) is 9.80 Å². The second-order valence-corrected chi connectivity index (χ2v) is 10.9. The van der Waals surface area contributed by atoms with Crippen LogP contribution in [0.25, 0.3) is 0 Å². The van der Waals surface area contributed by atoms with E-state index in [0.29, 0.717) is 12.6 Å². The summed E-state index contributed by atoms with van der Waals surface area (Å²) in [6.07, 6.45) is 11.8. The number of benzene rings is 1. The molecule has 3 saturated heterocycles. The third-order valence-corrected chi connectivity index (χ3v) is 7.32. The maximum atomic E-state index is 12.6. The average Bonchev–Trinajstić information content (AvgIpc) is 3.20. The number of ether oxygens (including phenoxy) is 2. The lowest BCUT2D eigenvalue weighted by Crippen LogP contribution is -2.46. The Balaban J connectivity index is 1.22. The number of amides is 1. The second kappa shape index (κ2) is 10.5. The molecular weight excluding hydrogens is 400 g/mol. The van der Waals surface area contributed by atoms with Gasteiger partial charge in [-0.1, -0.05) is 18.6 Å². The number of likely N-dealkylation sites (tertiary alicyclic amines) is 1. The Morgan fingerprint density at radius 2 is 1.72 bits per heavy atom. The number of hydrogen-bond acceptors (Lipinski definition) is 4. The Bertz CT molecular complexity index is 742. The van der Waals surface area contributed by atoms with Crippen molar-refractivity contribution >= 4 is 6.09 Å². The van der Waals surface area contributed by atoms with Crippen molar-refractivity contribution in [2.75, 3.05) is 19.7 Å². The minimum atomic E-state index is -0.443. The summed E-state index contributed by atoms with van der Waals surface area (Å²) in [4.78, 5) is 17.3. The molecule has 0 spiro atoms. The van der Waals surface area contributed by atoms with Gasteiger partial charge in [-0.15, -0.1) is 0 Å². The molecule has 3 aliphatic rings. The minimum Gasteiger partial charge on any atom is -0.494 e. The molecule has 178 valence electrons. The maximum Gasteiger partial charge on any atom is 0.410 e. The van der Waals surface area contributed by atoms with Gasteiger partial charge in [0.1, 0.15) is 11.4 Å². The molecule has 0 N–H and O–H groups in total. The Hall–Kier alpha value is -1.75. The SMILES string of the molecule is CC(C)(C)OC(=O)N1CCCCC1CCCOc1ccc(C2CCC3CCCCN32)cc1. The Morgan fingerprint density at radius 3 is 2.50 bits per heavy atom. The van der Waals surface area contributed by atoms with Crippen molar-refractivity contribution in [3.63, 3.8) is 0 Å². The fourth-order valence-corrected chi connectivity index (χ4v) is 5.77. The minimum absolute atomic E-state index is 0.165. The number of carbonyl (C=O) groups is 1. The molecule has 3 fully saturated rings. The number of piperidine rings is 2. The van der Waals surface area contributed by atoms with E-state index in [-0.39, 0.29) is 12.1 Å². The van der Waals surface area contributed by atoms with E-state index >= 15 is 0 Å². The standard InChI is InChI=1S/C27H42N2O3/c1-27(2,3)32-26(30)29-19-7-5-9-22(29)11-8-20-31-24-15-12-21(13-16-24)25-17-14-23-10-4-6-18-28(23)25/h12-13,15-16,22-23,25H,4-11,14,17-20H2,1-3H3. The van der Waals surface area contributed by atoms with Crippen LogP contribution in [0.15, 0.2) is 24.3 Å². The summed E-state index contributed by atoms with van der Waals surface area (Å²) in [6, 6.07) is 10.5. The zero-order chi connectivity index (χ0) is 22.6. The summed E-state index contributed by atoms with van der Waals surface area (Å²) in [5, 5.41) is 0. The Kier molecular flexibility index (Phi) is 7.65. The van der Waals surface area contributed by atoms with Crippen LogP contribution in [-0.2, 0) is 4.74 Å². The first kappa shape index (κ1) is 23.4. The van der Waals surface area contributed by atoms with Gasteiger partial charge in [-0.05, 0) is 103 Å². The summed E-state index contributed by atoms with van der Waals surface area (Å²) in [5.41, 5.74) is 0.999. The molecule has 3 heterocycles. The summed E-state index contributed by atoms with van der Waals surface area (Å²) < 4.78 is 11.7. The number of nitrogens with zero attached hydrogens (tertiary/aromatic N) is 2. The van der Waals surface area contributed by atoms with E-state index in [1.807, 2.05) is 25.7 Å². The molecule has 4 rings (SSSR count). The quantitative estimate of drug-likeness (QED) is 0.483. The second-order valence-electron chi connectivity index (χ2n) is 10.9. The van der Waals surface area contributed by atoms with Gasteiger partial charge in [-0.3, -0.25) is 4.90 Å². The fraction of sp³-hybridized carbons (Fsp3) is 0.741. The molecule has 3 aliphatic heterocycles. The monoisotopic (exact) mass is 442 g/mol. The van der Waals surface area contributed by atoms with Crippen molar-refractivity contribution in [3.8, 4) is 5.75 Å². The van der Waals surface area contributed by atoms with Crippen LogP contribution < -0.4 is 4.74 Å². The van der Waals surface area contributed by atoms with Gasteiger partial charge in [0.25, 0.3) is 0 Å². The molecule has 3 unspecified atom stereocenters. The van der Waals surface area contributed by atoms with Gasteiger partial charge in [0.15, 0.2) is 0 Å². The molecule has 0 aromatic heterocycles. The summed E-state index contributed by atoms with van der Waals surface area (Å²) in [5.74, 6) is 0.953. The van der Waals surface area contributed by atoms with E-state index in [0.717, 1.165) is 44.0 Å². The van der Waals surface area contributed by atoms with Crippen molar-refractivity contribution in [3.05, 3.63) is 29.8 Å². The average molecular weight is 443 g/mol. The highest BCUT2D eigenvalue weighted by Crippen LogP contribution is 2.40. The molecule has 0 saturated carbocycles. The van der Waals surface area contributed by atoms with Crippen molar-refractivity contribution in [2.45, 2.75) is 109 Å². The van der Waals surface area contributed by atoms with Crippen LogP contribution in [0.3, 0.4) is 0 Å². The zero-order valence-corrected chi connectivity index (χ0v) is 20.4. The first-order chi connectivity index (χ1) is 15.4. The molecule has 0 radical (unpaired) electrons. The largest absolute Gasteiger partial charge is 0.494 e. The van der Waals surface area contributed by atoms with Crippen LogP contribution in [-0.4, -0.2) is 53.3 Å². The van der Waals surface area contributed by atoms with Crippen LogP contribution in [0.4, 0.5) is 4.79 Å². The maximum absolute atomic E-state index is 12.6. The van der Waals surface area contributed by atoms with Gasteiger partial charge in [-0.2, -0.15) is 0 Å². The van der Waals surface area contributed by atoms with Crippen LogP contribution >= 0.6 is 0 Å². The molecule has 0 bridgehead atoms. The first-order valence-electron chi connectivity index (χ1n) is 12.9. The number of fused-ring (bicyclic) bond motifs is 1. The van der Waals surface area contributed by atoms with Crippen LogP contribution in [0.2, 0.25) is 0 Å². The van der Waals surface area contributed by atoms with Crippen molar-refractivity contribution in [1.29, 1.82) is 0 Å². The molecule has 1 aromatic carbocycles. The van der Waals surface area contributed by atoms with E-state index in [1.54, 1.807) is 0 Å². The molecule has 32 heavy (non-hydrogen) atoms. The summed E-state index contributed by atoms with van der Waals surface area (Å²) >= 11 is 0. The lowest BCUT2D eigenvalue weighted by molar-refractivity contribution is 0.00824. The van der Waals surface area contributed by atoms with E-state index in [4.69, 9.17) is 9.47 Å². The van der Waals surface area contributed by atoms with Crippen LogP contribution in [0.1, 0.15) is 96.6 Å². The fourth-order valence-electron chi connectivity index (χ4n) is 5.77. The highest BCUT2D eigenvalue weighted by atomic mass is 16.6. The van der Waals surface area contributed by atoms with E-state index in [2.05, 4.69) is 29.2 Å². The zero-order valence-electron chi connectivity index (χ0n) is 20.4. The smallest absolute Gasteiger partial charge is 0.410 e. The van der Waals surface area contributed by atoms with Gasteiger partial charge in [0.2, 0.25) is 0 Å². The van der Waals surface area contributed by atoms with Gasteiger partial charge in [-0.25, -0.2) is 4.79 Å². The lowest BCUT2D eigenvalue weighted by Gasteiger charge is -2.36. The lowest BCUT2D eigenvalue weighted by atomic mass is 9.98. The molecule has 1 aromatic rings. The molecule has 5 heteroatoms. The van der Waals surface area contributed by atoms with E-state index in [9.17, 15) is 4.79 Å². The Labute approximate surface area is 194 Å². The third-order valence-electron chi connectivity index (χ3n) is 7.32. The topological polar surface area (TPSA) is 42.0 Å². The number of rotatable bonds is 6. The van der Waals surface area contributed by atoms with E-state index in [1.165, 1.54) is 50.6 Å². The third kappa shape index (κ3) is 5.98. The first-order valence-corrected chi connectivity index (χ1v) is 12.9. The Morgan fingerprint density at radius 1 is 0.969 bits per heavy atom. The number of hydrogen-bond donors (Lipinski definition) is 0. The van der Waals surface area contributed by atoms with Crippen LogP contribution in [0.5, 0.6) is 5.75 Å². The number of carbonyl (C=O) groups excluding carboxylic acids is 1. The molecule has 5 nitrogen and oxygen atoms in total. The molecule has 3 atom stereocenters. The van der Waals surface area contributed by atoms with Gasteiger partial charge < -0.3 is 14.4 Å². The van der Waals surface area contributed by atoms with Gasteiger partial charge >= 0.3 is 6.09 Å². The normalized spacial score (nSPS) is 26.6.